The third-order valence-electron chi connectivity index (χ3n) is 4.74. The molecule has 0 bridgehead atoms. The number of primary amides is 1. The average molecular weight is 404 g/mol. The summed E-state index contributed by atoms with van der Waals surface area (Å²) < 4.78 is 7.23. The van der Waals surface area contributed by atoms with Gasteiger partial charge < -0.3 is 15.8 Å². The van der Waals surface area contributed by atoms with Crippen molar-refractivity contribution in [1.29, 1.82) is 0 Å². The molecule has 2 aromatic rings. The normalized spacial score (nSPS) is 15.3. The van der Waals surface area contributed by atoms with Gasteiger partial charge in [-0.3, -0.25) is 24.2 Å². The summed E-state index contributed by atoms with van der Waals surface area (Å²) in [6, 6.07) is 7.47. The second-order valence-corrected chi connectivity index (χ2v) is 7.14. The van der Waals surface area contributed by atoms with E-state index >= 15 is 0 Å². The number of aromatic nitrogens is 3. The average Bonchev–Trinajstić information content (AvgIpc) is 3.03. The standard InChI is InChI=1S/C18H24N6O3S/c1-27-14-4-2-12(3-5-14)17-21-22-18(28)24(17)11-16(26)20-13-6-8-23(9-7-13)10-15(19)25/h2-5,13H,6-11H2,1H3,(H2,19,25)(H,20,26)(H,22,28). The van der Waals surface area contributed by atoms with Crippen molar-refractivity contribution in [3.05, 3.63) is 29.0 Å². The minimum atomic E-state index is -0.331. The number of aromatic amines is 1. The van der Waals surface area contributed by atoms with Gasteiger partial charge in [-0.05, 0) is 49.3 Å². The quantitative estimate of drug-likeness (QED) is 0.584. The van der Waals surface area contributed by atoms with Crippen LogP contribution in [0.5, 0.6) is 5.75 Å². The molecule has 9 nitrogen and oxygen atoms in total. The van der Waals surface area contributed by atoms with Crippen LogP contribution in [0, 0.1) is 4.77 Å². The van der Waals surface area contributed by atoms with E-state index in [0.717, 1.165) is 37.2 Å². The molecule has 150 valence electrons. The molecule has 2 amide bonds. The highest BCUT2D eigenvalue weighted by atomic mass is 32.1. The van der Waals surface area contributed by atoms with Gasteiger partial charge in [0.1, 0.15) is 12.3 Å². The Hall–Kier alpha value is -2.72. The Kier molecular flexibility index (Phi) is 6.42. The van der Waals surface area contributed by atoms with Crippen LogP contribution in [0.2, 0.25) is 0 Å². The summed E-state index contributed by atoms with van der Waals surface area (Å²) in [5, 5.41) is 10.0. The largest absolute Gasteiger partial charge is 0.497 e. The number of nitrogens with two attached hydrogens (primary N) is 1. The number of benzene rings is 1. The Morgan fingerprint density at radius 2 is 1.96 bits per heavy atom. The zero-order valence-corrected chi connectivity index (χ0v) is 16.5. The number of amides is 2. The van der Waals surface area contributed by atoms with Gasteiger partial charge in [-0.1, -0.05) is 0 Å². The lowest BCUT2D eigenvalue weighted by Crippen LogP contribution is -2.47. The second kappa shape index (κ2) is 8.98. The van der Waals surface area contributed by atoms with Crippen molar-refractivity contribution in [2.75, 3.05) is 26.7 Å². The summed E-state index contributed by atoms with van der Waals surface area (Å²) in [6.07, 6.45) is 1.56. The Morgan fingerprint density at radius 1 is 1.29 bits per heavy atom. The van der Waals surface area contributed by atoms with Gasteiger partial charge in [0.05, 0.1) is 13.7 Å². The molecule has 0 radical (unpaired) electrons. The van der Waals surface area contributed by atoms with Gasteiger partial charge in [-0.25, -0.2) is 0 Å². The molecule has 0 atom stereocenters. The van der Waals surface area contributed by atoms with Gasteiger partial charge in [0.25, 0.3) is 0 Å². The van der Waals surface area contributed by atoms with E-state index < -0.39 is 0 Å². The first-order valence-electron chi connectivity index (χ1n) is 9.06. The molecule has 0 aliphatic carbocycles. The van der Waals surface area contributed by atoms with Crippen LogP contribution in [0.1, 0.15) is 12.8 Å². The predicted molar refractivity (Wildman–Crippen MR) is 106 cm³/mol. The number of carbonyl (C=O) groups is 2. The third kappa shape index (κ3) is 4.96. The molecular weight excluding hydrogens is 380 g/mol. The Balaban J connectivity index is 1.61. The third-order valence-corrected chi connectivity index (χ3v) is 5.05. The van der Waals surface area contributed by atoms with Gasteiger partial charge in [0, 0.05) is 24.7 Å². The van der Waals surface area contributed by atoms with Crippen molar-refractivity contribution in [2.45, 2.75) is 25.4 Å². The van der Waals surface area contributed by atoms with Crippen LogP contribution >= 0.6 is 12.2 Å². The molecule has 2 heterocycles. The van der Waals surface area contributed by atoms with Crippen molar-refractivity contribution in [3.8, 4) is 17.1 Å². The summed E-state index contributed by atoms with van der Waals surface area (Å²) >= 11 is 5.29. The molecule has 1 aromatic heterocycles. The van der Waals surface area contributed by atoms with Crippen molar-refractivity contribution in [3.63, 3.8) is 0 Å². The van der Waals surface area contributed by atoms with Crippen LogP contribution in [-0.2, 0) is 16.1 Å². The highest BCUT2D eigenvalue weighted by molar-refractivity contribution is 7.71. The number of nitrogens with one attached hydrogen (secondary N) is 2. The van der Waals surface area contributed by atoms with Crippen LogP contribution in [0.4, 0.5) is 0 Å². The minimum absolute atomic E-state index is 0.0714. The Labute approximate surface area is 167 Å². The van der Waals surface area contributed by atoms with E-state index in [2.05, 4.69) is 15.5 Å². The van der Waals surface area contributed by atoms with Crippen LogP contribution in [0.15, 0.2) is 24.3 Å². The molecule has 0 saturated carbocycles. The van der Waals surface area contributed by atoms with Gasteiger partial charge in [0.2, 0.25) is 11.8 Å². The van der Waals surface area contributed by atoms with E-state index in [1.807, 2.05) is 29.2 Å². The number of methoxy groups -OCH3 is 1. The molecular formula is C18H24N6O3S. The molecule has 1 aliphatic heterocycles. The summed E-state index contributed by atoms with van der Waals surface area (Å²) in [7, 11) is 1.60. The predicted octanol–water partition coefficient (Wildman–Crippen LogP) is 0.682. The molecule has 1 fully saturated rings. The molecule has 1 aliphatic rings. The maximum atomic E-state index is 12.5. The molecule has 10 heteroatoms. The lowest BCUT2D eigenvalue weighted by atomic mass is 10.1. The molecule has 0 unspecified atom stereocenters. The first kappa shape index (κ1) is 20.0. The lowest BCUT2D eigenvalue weighted by molar-refractivity contribution is -0.123. The van der Waals surface area contributed by atoms with Crippen molar-refractivity contribution >= 4 is 24.0 Å². The highest BCUT2D eigenvalue weighted by Crippen LogP contribution is 2.21. The van der Waals surface area contributed by atoms with E-state index in [1.54, 1.807) is 11.7 Å². The number of hydrogen-bond donors (Lipinski definition) is 3. The van der Waals surface area contributed by atoms with Crippen LogP contribution in [0.3, 0.4) is 0 Å². The maximum absolute atomic E-state index is 12.5. The molecule has 28 heavy (non-hydrogen) atoms. The molecule has 0 spiro atoms. The summed E-state index contributed by atoms with van der Waals surface area (Å²) in [4.78, 5) is 25.5. The Morgan fingerprint density at radius 3 is 2.57 bits per heavy atom. The SMILES string of the molecule is COc1ccc(-c2n[nH]c(=S)n2CC(=O)NC2CCN(CC(N)=O)CC2)cc1. The highest BCUT2D eigenvalue weighted by Gasteiger charge is 2.22. The first-order valence-corrected chi connectivity index (χ1v) is 9.46. The zero-order valence-electron chi connectivity index (χ0n) is 15.7. The number of carbonyl (C=O) groups excluding carboxylic acids is 2. The smallest absolute Gasteiger partial charge is 0.240 e. The fourth-order valence-corrected chi connectivity index (χ4v) is 3.49. The van der Waals surface area contributed by atoms with Gasteiger partial charge in [-0.15, -0.1) is 0 Å². The molecule has 4 N–H and O–H groups in total. The number of ether oxygens (including phenoxy) is 1. The Bertz CT molecular complexity index is 883. The van der Waals surface area contributed by atoms with E-state index in [-0.39, 0.29) is 30.9 Å². The van der Waals surface area contributed by atoms with Gasteiger partial charge in [0.15, 0.2) is 10.6 Å². The second-order valence-electron chi connectivity index (χ2n) is 6.75. The minimum Gasteiger partial charge on any atom is -0.497 e. The van der Waals surface area contributed by atoms with Gasteiger partial charge in [-0.2, -0.15) is 5.10 Å². The first-order chi connectivity index (χ1) is 13.5. The van der Waals surface area contributed by atoms with Crippen molar-refractivity contribution in [2.24, 2.45) is 5.73 Å². The van der Waals surface area contributed by atoms with E-state index in [1.165, 1.54) is 0 Å². The van der Waals surface area contributed by atoms with E-state index in [0.29, 0.717) is 10.6 Å². The summed E-state index contributed by atoms with van der Waals surface area (Å²) in [5.74, 6) is 0.882. The number of nitrogens with zero attached hydrogens (tertiary/aromatic N) is 3. The van der Waals surface area contributed by atoms with E-state index in [4.69, 9.17) is 22.7 Å². The topological polar surface area (TPSA) is 118 Å². The lowest BCUT2D eigenvalue weighted by Gasteiger charge is -2.31. The van der Waals surface area contributed by atoms with Crippen molar-refractivity contribution in [1.82, 2.24) is 25.0 Å². The molecule has 1 aromatic carbocycles. The fourth-order valence-electron chi connectivity index (χ4n) is 3.30. The number of piperidine rings is 1. The summed E-state index contributed by atoms with van der Waals surface area (Å²) in [5.41, 5.74) is 6.06. The number of likely N-dealkylation sites (tertiary alicyclic amines) is 1. The molecule has 1 saturated heterocycles. The van der Waals surface area contributed by atoms with Crippen molar-refractivity contribution < 1.29 is 14.3 Å². The van der Waals surface area contributed by atoms with Crippen LogP contribution < -0.4 is 15.8 Å². The van der Waals surface area contributed by atoms with E-state index in [9.17, 15) is 9.59 Å². The monoisotopic (exact) mass is 404 g/mol. The number of H-pyrrole nitrogens is 1. The van der Waals surface area contributed by atoms with Crippen LogP contribution in [-0.4, -0.2) is 64.3 Å². The van der Waals surface area contributed by atoms with Crippen LogP contribution in [0.25, 0.3) is 11.4 Å². The number of rotatable bonds is 7. The summed E-state index contributed by atoms with van der Waals surface area (Å²) in [6.45, 7) is 1.81. The maximum Gasteiger partial charge on any atom is 0.240 e. The zero-order chi connectivity index (χ0) is 20.1. The number of hydrogen-bond acceptors (Lipinski definition) is 6. The fraction of sp³-hybridized carbons (Fsp3) is 0.444. The molecule has 3 rings (SSSR count). The van der Waals surface area contributed by atoms with Gasteiger partial charge >= 0.3 is 0 Å².